The molecule has 3 N–H and O–H groups in total. The molecule has 5 nitrogen and oxygen atoms in total. The van der Waals surface area contributed by atoms with Crippen molar-refractivity contribution in [2.75, 3.05) is 5.32 Å². The van der Waals surface area contributed by atoms with Gasteiger partial charge in [-0.3, -0.25) is 0 Å². The lowest BCUT2D eigenvalue weighted by molar-refractivity contribution is 0.232. The lowest BCUT2D eigenvalue weighted by atomic mass is 10.1. The average Bonchev–Trinajstić information content (AvgIpc) is 2.47. The lowest BCUT2D eigenvalue weighted by Crippen LogP contribution is -2.10. The van der Waals surface area contributed by atoms with E-state index in [-0.39, 0.29) is 12.1 Å². The summed E-state index contributed by atoms with van der Waals surface area (Å²) in [5, 5.41) is 3.35. The highest BCUT2D eigenvalue weighted by Gasteiger charge is 2.08. The molecule has 112 valence electrons. The van der Waals surface area contributed by atoms with E-state index in [9.17, 15) is 0 Å². The average molecular weight is 286 g/mol. The second kappa shape index (κ2) is 7.04. The van der Waals surface area contributed by atoms with E-state index in [0.717, 1.165) is 11.4 Å². The molecule has 5 heteroatoms. The first kappa shape index (κ1) is 15.3. The van der Waals surface area contributed by atoms with Crippen LogP contribution in [-0.2, 0) is 6.54 Å². The van der Waals surface area contributed by atoms with Crippen LogP contribution in [0.5, 0.6) is 5.88 Å². The van der Waals surface area contributed by atoms with Crippen molar-refractivity contribution < 1.29 is 4.74 Å². The Labute approximate surface area is 125 Å². The second-order valence-corrected chi connectivity index (χ2v) is 5.22. The minimum atomic E-state index is 0.0916. The first-order valence-electron chi connectivity index (χ1n) is 7.12. The van der Waals surface area contributed by atoms with Gasteiger partial charge in [-0.2, -0.15) is 0 Å². The number of benzene rings is 1. The summed E-state index contributed by atoms with van der Waals surface area (Å²) < 4.78 is 5.57. The van der Waals surface area contributed by atoms with Crippen LogP contribution in [0.1, 0.15) is 37.9 Å². The summed E-state index contributed by atoms with van der Waals surface area (Å²) in [5.41, 5.74) is 7.91. The molecule has 21 heavy (non-hydrogen) atoms. The van der Waals surface area contributed by atoms with E-state index < -0.39 is 0 Å². The molecule has 1 unspecified atom stereocenters. The highest BCUT2D eigenvalue weighted by Crippen LogP contribution is 2.20. The van der Waals surface area contributed by atoms with Crippen LogP contribution >= 0.6 is 0 Å². The molecule has 2 aromatic rings. The van der Waals surface area contributed by atoms with Crippen LogP contribution in [0.3, 0.4) is 0 Å². The number of nitrogens with one attached hydrogen (secondary N) is 1. The maximum Gasteiger partial charge on any atom is 0.218 e. The predicted octanol–water partition coefficient (Wildman–Crippen LogP) is 2.90. The number of nitrogens with zero attached hydrogens (tertiary/aromatic N) is 2. The van der Waals surface area contributed by atoms with Gasteiger partial charge in [0, 0.05) is 18.7 Å². The van der Waals surface area contributed by atoms with Gasteiger partial charge in [-0.25, -0.2) is 9.97 Å². The largest absolute Gasteiger partial charge is 0.475 e. The van der Waals surface area contributed by atoms with Gasteiger partial charge in [0.1, 0.15) is 12.1 Å². The van der Waals surface area contributed by atoms with Gasteiger partial charge in [0.2, 0.25) is 5.88 Å². The molecule has 0 spiro atoms. The number of ether oxygens (including phenoxy) is 1. The highest BCUT2D eigenvalue weighted by atomic mass is 16.5. The SMILES string of the molecule is CC(C)Oc1cc(NC(C)c2ccc(CN)cc2)ncn1. The molecular weight excluding hydrogens is 264 g/mol. The van der Waals surface area contributed by atoms with Crippen LogP contribution < -0.4 is 15.8 Å². The Hall–Kier alpha value is -2.14. The van der Waals surface area contributed by atoms with Gasteiger partial charge in [-0.1, -0.05) is 24.3 Å². The molecule has 0 radical (unpaired) electrons. The van der Waals surface area contributed by atoms with Crippen LogP contribution in [-0.4, -0.2) is 16.1 Å². The first-order valence-corrected chi connectivity index (χ1v) is 7.12. The number of hydrogen-bond acceptors (Lipinski definition) is 5. The molecule has 0 bridgehead atoms. The third-order valence-electron chi connectivity index (χ3n) is 3.08. The molecule has 1 aromatic carbocycles. The Morgan fingerprint density at radius 2 is 1.86 bits per heavy atom. The Kier molecular flexibility index (Phi) is 5.11. The van der Waals surface area contributed by atoms with Crippen LogP contribution in [0.2, 0.25) is 0 Å². The van der Waals surface area contributed by atoms with Gasteiger partial charge in [0.25, 0.3) is 0 Å². The fourth-order valence-corrected chi connectivity index (χ4v) is 1.97. The van der Waals surface area contributed by atoms with E-state index >= 15 is 0 Å². The number of rotatable bonds is 6. The number of nitrogens with two attached hydrogens (primary N) is 1. The molecule has 0 aliphatic heterocycles. The first-order chi connectivity index (χ1) is 10.1. The summed E-state index contributed by atoms with van der Waals surface area (Å²) in [6.07, 6.45) is 1.60. The Balaban J connectivity index is 2.05. The minimum Gasteiger partial charge on any atom is -0.475 e. The topological polar surface area (TPSA) is 73.1 Å². The molecule has 1 heterocycles. The third-order valence-corrected chi connectivity index (χ3v) is 3.08. The zero-order valence-electron chi connectivity index (χ0n) is 12.7. The maximum atomic E-state index is 5.61. The number of aromatic nitrogens is 2. The van der Waals surface area contributed by atoms with Crippen LogP contribution in [0.25, 0.3) is 0 Å². The van der Waals surface area contributed by atoms with Gasteiger partial charge in [-0.05, 0) is 31.9 Å². The normalized spacial score (nSPS) is 12.2. The predicted molar refractivity (Wildman–Crippen MR) is 84.2 cm³/mol. The highest BCUT2D eigenvalue weighted by molar-refractivity contribution is 5.40. The quantitative estimate of drug-likeness (QED) is 0.854. The molecule has 1 atom stereocenters. The molecule has 0 saturated heterocycles. The van der Waals surface area contributed by atoms with Crippen LogP contribution in [0.15, 0.2) is 36.7 Å². The molecule has 2 rings (SSSR count). The Morgan fingerprint density at radius 3 is 2.48 bits per heavy atom. The zero-order valence-corrected chi connectivity index (χ0v) is 12.7. The Morgan fingerprint density at radius 1 is 1.14 bits per heavy atom. The fourth-order valence-electron chi connectivity index (χ4n) is 1.97. The van der Waals surface area contributed by atoms with E-state index in [1.807, 2.05) is 32.0 Å². The van der Waals surface area contributed by atoms with Gasteiger partial charge in [0.05, 0.1) is 6.10 Å². The molecule has 0 fully saturated rings. The van der Waals surface area contributed by atoms with E-state index in [1.54, 1.807) is 0 Å². The van der Waals surface area contributed by atoms with Crippen LogP contribution in [0, 0.1) is 0 Å². The second-order valence-electron chi connectivity index (χ2n) is 5.22. The van der Waals surface area contributed by atoms with Gasteiger partial charge < -0.3 is 15.8 Å². The molecular formula is C16H22N4O. The van der Waals surface area contributed by atoms with Crippen LogP contribution in [0.4, 0.5) is 5.82 Å². The van der Waals surface area contributed by atoms with Crippen molar-refractivity contribution in [1.82, 2.24) is 9.97 Å². The molecule has 1 aromatic heterocycles. The summed E-state index contributed by atoms with van der Waals surface area (Å²) >= 11 is 0. The molecule has 0 saturated carbocycles. The minimum absolute atomic E-state index is 0.0916. The summed E-state index contributed by atoms with van der Waals surface area (Å²) in [4.78, 5) is 8.32. The monoisotopic (exact) mass is 286 g/mol. The van der Waals surface area contributed by atoms with Gasteiger partial charge in [0.15, 0.2) is 0 Å². The van der Waals surface area contributed by atoms with Gasteiger partial charge in [-0.15, -0.1) is 0 Å². The standard InChI is InChI=1S/C16H22N4O/c1-11(2)21-16-8-15(18-10-19-16)20-12(3)14-6-4-13(9-17)5-7-14/h4-8,10-12H,9,17H2,1-3H3,(H,18,19,20). The maximum absolute atomic E-state index is 5.61. The van der Waals surface area contributed by atoms with Crippen molar-refractivity contribution in [1.29, 1.82) is 0 Å². The van der Waals surface area contributed by atoms with Crippen molar-refractivity contribution in [2.24, 2.45) is 5.73 Å². The van der Waals surface area contributed by atoms with E-state index in [1.165, 1.54) is 11.9 Å². The molecule has 0 aliphatic rings. The van der Waals surface area contributed by atoms with E-state index in [4.69, 9.17) is 10.5 Å². The lowest BCUT2D eigenvalue weighted by Gasteiger charge is -2.16. The summed E-state index contributed by atoms with van der Waals surface area (Å²) in [6.45, 7) is 6.58. The summed E-state index contributed by atoms with van der Waals surface area (Å²) in [5.74, 6) is 1.32. The Bertz CT molecular complexity index is 569. The zero-order chi connectivity index (χ0) is 15.2. The third kappa shape index (κ3) is 4.43. The van der Waals surface area contributed by atoms with E-state index in [0.29, 0.717) is 12.4 Å². The molecule has 0 aliphatic carbocycles. The van der Waals surface area contributed by atoms with Crippen molar-refractivity contribution in [3.05, 3.63) is 47.8 Å². The van der Waals surface area contributed by atoms with Crippen molar-refractivity contribution in [2.45, 2.75) is 39.5 Å². The summed E-state index contributed by atoms with van der Waals surface area (Å²) in [6, 6.07) is 10.2. The summed E-state index contributed by atoms with van der Waals surface area (Å²) in [7, 11) is 0. The van der Waals surface area contributed by atoms with Crippen molar-refractivity contribution >= 4 is 5.82 Å². The fraction of sp³-hybridized carbons (Fsp3) is 0.375. The number of anilines is 1. The smallest absolute Gasteiger partial charge is 0.218 e. The number of hydrogen-bond donors (Lipinski definition) is 2. The van der Waals surface area contributed by atoms with Gasteiger partial charge >= 0.3 is 0 Å². The van der Waals surface area contributed by atoms with Crippen molar-refractivity contribution in [3.8, 4) is 5.88 Å². The van der Waals surface area contributed by atoms with Crippen molar-refractivity contribution in [3.63, 3.8) is 0 Å². The van der Waals surface area contributed by atoms with E-state index in [2.05, 4.69) is 34.3 Å². The molecule has 0 amide bonds.